The molecule has 3 aromatic rings. The number of aromatic nitrogens is 1. The van der Waals surface area contributed by atoms with Gasteiger partial charge in [0.05, 0.1) is 12.1 Å². The zero-order valence-corrected chi connectivity index (χ0v) is 16.9. The normalized spacial score (nSPS) is 13.9. The van der Waals surface area contributed by atoms with Crippen LogP contribution in [0.15, 0.2) is 72.9 Å². The highest BCUT2D eigenvalue weighted by Gasteiger charge is 2.22. The van der Waals surface area contributed by atoms with Crippen LogP contribution in [0.25, 0.3) is 0 Å². The van der Waals surface area contributed by atoms with E-state index in [1.54, 1.807) is 6.20 Å². The first-order valence-electron chi connectivity index (χ1n) is 10.2. The van der Waals surface area contributed by atoms with E-state index in [1.807, 2.05) is 71.6 Å². The third-order valence-corrected chi connectivity index (χ3v) is 5.28. The molecule has 1 aromatic heterocycles. The quantitative estimate of drug-likeness (QED) is 0.686. The van der Waals surface area contributed by atoms with E-state index in [0.717, 1.165) is 35.8 Å². The molecule has 6 nitrogen and oxygen atoms in total. The monoisotopic (exact) mass is 402 g/mol. The molecule has 1 aliphatic heterocycles. The van der Waals surface area contributed by atoms with Gasteiger partial charge in [0, 0.05) is 32.4 Å². The maximum atomic E-state index is 12.7. The minimum Gasteiger partial charge on any atom is -0.489 e. The summed E-state index contributed by atoms with van der Waals surface area (Å²) in [7, 11) is 0. The van der Waals surface area contributed by atoms with Gasteiger partial charge in [-0.05, 0) is 35.4 Å². The van der Waals surface area contributed by atoms with Gasteiger partial charge in [-0.1, -0.05) is 42.5 Å². The van der Waals surface area contributed by atoms with Crippen LogP contribution in [-0.2, 0) is 17.8 Å². The zero-order chi connectivity index (χ0) is 20.8. The fraction of sp³-hybridized carbons (Fsp3) is 0.250. The van der Waals surface area contributed by atoms with Gasteiger partial charge in [0.15, 0.2) is 5.82 Å². The predicted molar refractivity (Wildman–Crippen MR) is 118 cm³/mol. The molecule has 0 atom stereocenters. The summed E-state index contributed by atoms with van der Waals surface area (Å²) in [4.78, 5) is 21.1. The van der Waals surface area contributed by atoms with E-state index in [9.17, 15) is 4.79 Å². The molecule has 0 unspecified atom stereocenters. The Morgan fingerprint density at radius 3 is 2.33 bits per heavy atom. The van der Waals surface area contributed by atoms with Crippen molar-refractivity contribution < 1.29 is 9.53 Å². The number of nitrogens with two attached hydrogens (primary N) is 1. The van der Waals surface area contributed by atoms with Gasteiger partial charge >= 0.3 is 0 Å². The number of nitrogens with zero attached hydrogens (tertiary/aromatic N) is 3. The van der Waals surface area contributed by atoms with Crippen LogP contribution >= 0.6 is 0 Å². The molecule has 1 amide bonds. The lowest BCUT2D eigenvalue weighted by atomic mass is 10.1. The second-order valence-electron chi connectivity index (χ2n) is 7.38. The smallest absolute Gasteiger partial charge is 0.227 e. The lowest BCUT2D eigenvalue weighted by Gasteiger charge is -2.35. The molecular formula is C24H26N4O2. The summed E-state index contributed by atoms with van der Waals surface area (Å²) in [5.41, 5.74) is 8.81. The summed E-state index contributed by atoms with van der Waals surface area (Å²) in [6.45, 7) is 3.35. The minimum atomic E-state index is 0.140. The van der Waals surface area contributed by atoms with Crippen LogP contribution in [0.5, 0.6) is 5.75 Å². The molecule has 0 bridgehead atoms. The van der Waals surface area contributed by atoms with Crippen molar-refractivity contribution in [3.8, 4) is 5.75 Å². The highest BCUT2D eigenvalue weighted by molar-refractivity contribution is 5.79. The number of carbonyl (C=O) groups excluding carboxylic acids is 1. The Hall–Kier alpha value is -3.54. The molecule has 6 heteroatoms. The third-order valence-electron chi connectivity index (χ3n) is 5.28. The Labute approximate surface area is 176 Å². The Kier molecular flexibility index (Phi) is 6.13. The number of anilines is 2. The van der Waals surface area contributed by atoms with Gasteiger partial charge in [0.1, 0.15) is 12.4 Å². The number of amides is 1. The van der Waals surface area contributed by atoms with Crippen molar-refractivity contribution in [2.24, 2.45) is 0 Å². The van der Waals surface area contributed by atoms with Crippen LogP contribution in [-0.4, -0.2) is 42.0 Å². The fourth-order valence-corrected chi connectivity index (χ4v) is 3.57. The van der Waals surface area contributed by atoms with E-state index in [1.165, 1.54) is 0 Å². The number of hydrogen-bond acceptors (Lipinski definition) is 5. The molecule has 2 heterocycles. The molecule has 2 aromatic carbocycles. The van der Waals surface area contributed by atoms with Crippen molar-refractivity contribution in [3.05, 3.63) is 84.1 Å². The van der Waals surface area contributed by atoms with Gasteiger partial charge < -0.3 is 20.3 Å². The Morgan fingerprint density at radius 1 is 0.900 bits per heavy atom. The molecule has 2 N–H and O–H groups in total. The number of benzene rings is 2. The molecular weight excluding hydrogens is 376 g/mol. The number of carbonyl (C=O) groups is 1. The average Bonchev–Trinajstić information content (AvgIpc) is 2.80. The lowest BCUT2D eigenvalue weighted by molar-refractivity contribution is -0.130. The van der Waals surface area contributed by atoms with Gasteiger partial charge in [0.2, 0.25) is 5.91 Å². The van der Waals surface area contributed by atoms with E-state index < -0.39 is 0 Å². The van der Waals surface area contributed by atoms with Crippen molar-refractivity contribution in [2.75, 3.05) is 36.8 Å². The number of nitrogen functional groups attached to an aromatic ring is 1. The highest BCUT2D eigenvalue weighted by atomic mass is 16.5. The average molecular weight is 402 g/mol. The summed E-state index contributed by atoms with van der Waals surface area (Å²) in [5.74, 6) is 1.74. The van der Waals surface area contributed by atoms with Crippen molar-refractivity contribution >= 4 is 17.4 Å². The van der Waals surface area contributed by atoms with Gasteiger partial charge in [-0.3, -0.25) is 4.79 Å². The van der Waals surface area contributed by atoms with E-state index in [4.69, 9.17) is 10.5 Å². The zero-order valence-electron chi connectivity index (χ0n) is 16.9. The van der Waals surface area contributed by atoms with Crippen molar-refractivity contribution in [3.63, 3.8) is 0 Å². The van der Waals surface area contributed by atoms with E-state index in [-0.39, 0.29) is 5.91 Å². The molecule has 0 radical (unpaired) electrons. The Balaban J connectivity index is 1.26. The molecule has 0 spiro atoms. The second-order valence-corrected chi connectivity index (χ2v) is 7.38. The molecule has 30 heavy (non-hydrogen) atoms. The summed E-state index contributed by atoms with van der Waals surface area (Å²) in [5, 5.41) is 0. The first-order valence-corrected chi connectivity index (χ1v) is 10.2. The number of rotatable bonds is 6. The van der Waals surface area contributed by atoms with Gasteiger partial charge in [0.25, 0.3) is 0 Å². The maximum absolute atomic E-state index is 12.7. The van der Waals surface area contributed by atoms with E-state index in [2.05, 4.69) is 9.88 Å². The van der Waals surface area contributed by atoms with Crippen LogP contribution in [0.3, 0.4) is 0 Å². The molecule has 0 aliphatic carbocycles. The number of hydrogen-bond donors (Lipinski definition) is 1. The van der Waals surface area contributed by atoms with Crippen LogP contribution in [0.4, 0.5) is 11.5 Å². The largest absolute Gasteiger partial charge is 0.489 e. The summed E-state index contributed by atoms with van der Waals surface area (Å²) in [6, 6.07) is 21.5. The summed E-state index contributed by atoms with van der Waals surface area (Å²) < 4.78 is 5.81. The second kappa shape index (κ2) is 9.31. The number of ether oxygens (including phenoxy) is 1. The van der Waals surface area contributed by atoms with Gasteiger partial charge in [-0.2, -0.15) is 0 Å². The number of pyridine rings is 1. The first kappa shape index (κ1) is 19.8. The van der Waals surface area contributed by atoms with Gasteiger partial charge in [-0.15, -0.1) is 0 Å². The van der Waals surface area contributed by atoms with Gasteiger partial charge in [-0.25, -0.2) is 4.98 Å². The molecule has 0 saturated carbocycles. The molecule has 4 rings (SSSR count). The fourth-order valence-electron chi connectivity index (χ4n) is 3.57. The first-order chi connectivity index (χ1) is 14.7. The van der Waals surface area contributed by atoms with E-state index >= 15 is 0 Å². The van der Waals surface area contributed by atoms with E-state index in [0.29, 0.717) is 31.8 Å². The van der Waals surface area contributed by atoms with Crippen LogP contribution < -0.4 is 15.4 Å². The highest BCUT2D eigenvalue weighted by Crippen LogP contribution is 2.21. The Bertz CT molecular complexity index is 968. The topological polar surface area (TPSA) is 71.7 Å². The third kappa shape index (κ3) is 4.89. The van der Waals surface area contributed by atoms with Crippen molar-refractivity contribution in [1.29, 1.82) is 0 Å². The molecule has 1 saturated heterocycles. The maximum Gasteiger partial charge on any atom is 0.227 e. The minimum absolute atomic E-state index is 0.140. The predicted octanol–water partition coefficient (Wildman–Crippen LogP) is 3.13. The van der Waals surface area contributed by atoms with Crippen molar-refractivity contribution in [2.45, 2.75) is 13.0 Å². The number of piperazine rings is 1. The van der Waals surface area contributed by atoms with Crippen LogP contribution in [0.1, 0.15) is 11.1 Å². The summed E-state index contributed by atoms with van der Waals surface area (Å²) >= 11 is 0. The van der Waals surface area contributed by atoms with Crippen LogP contribution in [0, 0.1) is 0 Å². The molecule has 1 fully saturated rings. The summed E-state index contributed by atoms with van der Waals surface area (Å²) in [6.07, 6.45) is 2.14. The van der Waals surface area contributed by atoms with Crippen molar-refractivity contribution in [1.82, 2.24) is 9.88 Å². The standard InChI is InChI=1S/C24H26N4O2/c25-22-7-4-12-26-24(22)28-15-13-27(14-16-28)23(29)17-19-8-10-21(11-9-19)30-18-20-5-2-1-3-6-20/h1-12H,13-18,25H2. The molecule has 154 valence electrons. The lowest BCUT2D eigenvalue weighted by Crippen LogP contribution is -2.49. The van der Waals surface area contributed by atoms with Crippen LogP contribution in [0.2, 0.25) is 0 Å². The SMILES string of the molecule is Nc1cccnc1N1CCN(C(=O)Cc2ccc(OCc3ccccc3)cc2)CC1. The Morgan fingerprint density at radius 2 is 1.63 bits per heavy atom. The molecule has 1 aliphatic rings.